The molecule has 0 amide bonds. The number of aromatic nitrogens is 2. The fourth-order valence-electron chi connectivity index (χ4n) is 1.26. The molecule has 2 aromatic heterocycles. The Balaban J connectivity index is 2.49. The molecular formula is C9H9ClN2O2S. The molecule has 2 heterocycles. The Morgan fingerprint density at radius 3 is 3.07 bits per heavy atom. The van der Waals surface area contributed by atoms with Gasteiger partial charge in [0.2, 0.25) is 0 Å². The summed E-state index contributed by atoms with van der Waals surface area (Å²) in [5, 5.41) is 0.313. The lowest BCUT2D eigenvalue weighted by Crippen LogP contribution is -2.05. The number of aryl methyl sites for hydroxylation is 1. The number of esters is 1. The summed E-state index contributed by atoms with van der Waals surface area (Å²) >= 11 is 7.49. The normalized spacial score (nSPS) is 10.9. The minimum Gasteiger partial charge on any atom is -0.461 e. The van der Waals surface area contributed by atoms with E-state index < -0.39 is 5.97 Å². The third-order valence-corrected chi connectivity index (χ3v) is 3.11. The van der Waals surface area contributed by atoms with Crippen LogP contribution in [0.3, 0.4) is 0 Å². The molecule has 0 aliphatic rings. The average molecular weight is 245 g/mol. The van der Waals surface area contributed by atoms with Crippen molar-refractivity contribution in [1.29, 1.82) is 0 Å². The summed E-state index contributed by atoms with van der Waals surface area (Å²) in [6.07, 6.45) is 1.85. The van der Waals surface area contributed by atoms with E-state index in [0.29, 0.717) is 16.7 Å². The second-order valence-electron chi connectivity index (χ2n) is 2.97. The molecule has 0 aliphatic heterocycles. The Hall–Kier alpha value is -1.07. The second kappa shape index (κ2) is 3.83. The van der Waals surface area contributed by atoms with Gasteiger partial charge in [-0.15, -0.1) is 11.3 Å². The van der Waals surface area contributed by atoms with Gasteiger partial charge in [-0.2, -0.15) is 0 Å². The van der Waals surface area contributed by atoms with Gasteiger partial charge in [0.15, 0.2) is 10.7 Å². The maximum atomic E-state index is 11.4. The molecule has 0 aromatic carbocycles. The lowest BCUT2D eigenvalue weighted by atomic mass is 10.5. The van der Waals surface area contributed by atoms with E-state index in [1.165, 1.54) is 11.3 Å². The number of carbonyl (C=O) groups is 1. The van der Waals surface area contributed by atoms with Crippen molar-refractivity contribution in [3.63, 3.8) is 0 Å². The number of nitrogens with zero attached hydrogens (tertiary/aromatic N) is 2. The van der Waals surface area contributed by atoms with Gasteiger partial charge in [-0.25, -0.2) is 9.78 Å². The topological polar surface area (TPSA) is 43.6 Å². The zero-order chi connectivity index (χ0) is 11.0. The van der Waals surface area contributed by atoms with Crippen molar-refractivity contribution in [1.82, 2.24) is 9.38 Å². The Morgan fingerprint density at radius 1 is 1.73 bits per heavy atom. The molecule has 2 aromatic rings. The summed E-state index contributed by atoms with van der Waals surface area (Å²) in [4.78, 5) is 17.4. The van der Waals surface area contributed by atoms with Crippen LogP contribution < -0.4 is 0 Å². The maximum Gasteiger partial charge on any atom is 0.360 e. The predicted molar refractivity (Wildman–Crippen MR) is 58.8 cm³/mol. The van der Waals surface area contributed by atoms with Gasteiger partial charge in [0, 0.05) is 11.1 Å². The third-order valence-electron chi connectivity index (χ3n) is 1.85. The number of hydrogen-bond donors (Lipinski definition) is 0. The van der Waals surface area contributed by atoms with Crippen LogP contribution in [-0.4, -0.2) is 22.0 Å². The van der Waals surface area contributed by atoms with E-state index in [9.17, 15) is 4.79 Å². The molecule has 0 unspecified atom stereocenters. The van der Waals surface area contributed by atoms with E-state index in [4.69, 9.17) is 16.3 Å². The Kier molecular flexibility index (Phi) is 2.67. The lowest BCUT2D eigenvalue weighted by molar-refractivity contribution is 0.0520. The Labute approximate surface area is 95.4 Å². The molecule has 15 heavy (non-hydrogen) atoms. The molecule has 0 aliphatic carbocycles. The molecule has 0 saturated heterocycles. The molecular weight excluding hydrogens is 236 g/mol. The fourth-order valence-corrected chi connectivity index (χ4v) is 2.38. The SMILES string of the molecule is CCOC(=O)c1nc2sc(C)cn2c1Cl. The second-order valence-corrected chi connectivity index (χ2v) is 4.54. The van der Waals surface area contributed by atoms with Crippen molar-refractivity contribution >= 4 is 33.9 Å². The monoisotopic (exact) mass is 244 g/mol. The largest absolute Gasteiger partial charge is 0.461 e. The first-order valence-corrected chi connectivity index (χ1v) is 5.64. The van der Waals surface area contributed by atoms with Gasteiger partial charge in [0.1, 0.15) is 5.15 Å². The molecule has 0 radical (unpaired) electrons. The standard InChI is InChI=1S/C9H9ClN2O2S/c1-3-14-8(13)6-7(10)12-4-5(2)15-9(12)11-6/h4H,3H2,1-2H3. The van der Waals surface area contributed by atoms with Crippen molar-refractivity contribution < 1.29 is 9.53 Å². The molecule has 4 nitrogen and oxygen atoms in total. The summed E-state index contributed by atoms with van der Waals surface area (Å²) < 4.78 is 6.53. The predicted octanol–water partition coefficient (Wildman–Crippen LogP) is 2.53. The third kappa shape index (κ3) is 1.72. The minimum atomic E-state index is -0.476. The van der Waals surface area contributed by atoms with Crippen LogP contribution in [0.4, 0.5) is 0 Å². The number of fused-ring (bicyclic) bond motifs is 1. The van der Waals surface area contributed by atoms with Gasteiger partial charge >= 0.3 is 5.97 Å². The van der Waals surface area contributed by atoms with Gasteiger partial charge in [0.05, 0.1) is 6.61 Å². The van der Waals surface area contributed by atoms with Crippen molar-refractivity contribution in [2.45, 2.75) is 13.8 Å². The molecule has 0 N–H and O–H groups in total. The van der Waals surface area contributed by atoms with E-state index >= 15 is 0 Å². The molecule has 0 atom stereocenters. The van der Waals surface area contributed by atoms with Gasteiger partial charge in [-0.05, 0) is 13.8 Å². The molecule has 0 fully saturated rings. The smallest absolute Gasteiger partial charge is 0.360 e. The van der Waals surface area contributed by atoms with Crippen molar-refractivity contribution in [2.75, 3.05) is 6.61 Å². The first-order chi connectivity index (χ1) is 7.13. The van der Waals surface area contributed by atoms with Crippen molar-refractivity contribution in [3.8, 4) is 0 Å². The van der Waals surface area contributed by atoms with Gasteiger partial charge < -0.3 is 4.74 Å². The summed E-state index contributed by atoms with van der Waals surface area (Å²) in [5.74, 6) is -0.476. The zero-order valence-corrected chi connectivity index (χ0v) is 9.85. The Morgan fingerprint density at radius 2 is 2.47 bits per heavy atom. The number of rotatable bonds is 2. The maximum absolute atomic E-state index is 11.4. The van der Waals surface area contributed by atoms with E-state index in [-0.39, 0.29) is 5.69 Å². The Bertz CT molecular complexity index is 517. The quantitative estimate of drug-likeness (QED) is 0.763. The summed E-state index contributed by atoms with van der Waals surface area (Å²) in [6, 6.07) is 0. The number of imidazole rings is 1. The summed E-state index contributed by atoms with van der Waals surface area (Å²) in [5.41, 5.74) is 0.185. The molecule has 0 bridgehead atoms. The van der Waals surface area contributed by atoms with Crippen LogP contribution in [0.25, 0.3) is 4.96 Å². The van der Waals surface area contributed by atoms with Gasteiger partial charge in [-0.1, -0.05) is 11.6 Å². The van der Waals surface area contributed by atoms with Crippen LogP contribution in [0.5, 0.6) is 0 Å². The van der Waals surface area contributed by atoms with Crippen LogP contribution in [0.15, 0.2) is 6.20 Å². The van der Waals surface area contributed by atoms with E-state index in [1.54, 1.807) is 11.3 Å². The highest BCUT2D eigenvalue weighted by Gasteiger charge is 2.19. The summed E-state index contributed by atoms with van der Waals surface area (Å²) in [6.45, 7) is 4.02. The van der Waals surface area contributed by atoms with Crippen molar-refractivity contribution in [2.24, 2.45) is 0 Å². The van der Waals surface area contributed by atoms with Crippen LogP contribution in [0, 0.1) is 6.92 Å². The van der Waals surface area contributed by atoms with E-state index in [1.807, 2.05) is 13.1 Å². The molecule has 2 rings (SSSR count). The average Bonchev–Trinajstić information content (AvgIpc) is 2.66. The van der Waals surface area contributed by atoms with Crippen LogP contribution in [0.2, 0.25) is 5.15 Å². The fraction of sp³-hybridized carbons (Fsp3) is 0.333. The number of thiazole rings is 1. The number of hydrogen-bond acceptors (Lipinski definition) is 4. The number of ether oxygens (including phenoxy) is 1. The number of carbonyl (C=O) groups excluding carboxylic acids is 1. The molecule has 0 spiro atoms. The van der Waals surface area contributed by atoms with E-state index in [2.05, 4.69) is 4.98 Å². The van der Waals surface area contributed by atoms with Gasteiger partial charge in [0.25, 0.3) is 0 Å². The van der Waals surface area contributed by atoms with Crippen molar-refractivity contribution in [3.05, 3.63) is 21.9 Å². The first-order valence-electron chi connectivity index (χ1n) is 4.44. The van der Waals surface area contributed by atoms with Crippen LogP contribution in [0.1, 0.15) is 22.3 Å². The van der Waals surface area contributed by atoms with E-state index in [0.717, 1.165) is 4.88 Å². The minimum absolute atomic E-state index is 0.185. The van der Waals surface area contributed by atoms with Crippen LogP contribution in [-0.2, 0) is 4.74 Å². The summed E-state index contributed by atoms with van der Waals surface area (Å²) in [7, 11) is 0. The molecule has 0 saturated carbocycles. The van der Waals surface area contributed by atoms with Gasteiger partial charge in [-0.3, -0.25) is 4.40 Å². The molecule has 6 heteroatoms. The zero-order valence-electron chi connectivity index (χ0n) is 8.28. The van der Waals surface area contributed by atoms with Crippen LogP contribution >= 0.6 is 22.9 Å². The highest BCUT2D eigenvalue weighted by Crippen LogP contribution is 2.24. The molecule has 80 valence electrons. The highest BCUT2D eigenvalue weighted by atomic mass is 35.5. The lowest BCUT2D eigenvalue weighted by Gasteiger charge is -1.97. The first kappa shape index (κ1) is 10.4. The highest BCUT2D eigenvalue weighted by molar-refractivity contribution is 7.17. The number of halogens is 1.